The van der Waals surface area contributed by atoms with E-state index in [0.29, 0.717) is 23.1 Å². The van der Waals surface area contributed by atoms with Crippen LogP contribution in [0.4, 0.5) is 0 Å². The summed E-state index contributed by atoms with van der Waals surface area (Å²) in [5.74, 6) is 1.47. The predicted octanol–water partition coefficient (Wildman–Crippen LogP) is 4.13. The second kappa shape index (κ2) is 6.46. The molecule has 5 nitrogen and oxygen atoms in total. The van der Waals surface area contributed by atoms with Crippen molar-refractivity contribution >= 4 is 11.3 Å². The molecule has 0 unspecified atom stereocenters. The van der Waals surface area contributed by atoms with E-state index in [9.17, 15) is 0 Å². The molecule has 24 heavy (non-hydrogen) atoms. The van der Waals surface area contributed by atoms with Crippen molar-refractivity contribution in [2.45, 2.75) is 32.3 Å². The highest BCUT2D eigenvalue weighted by molar-refractivity contribution is 7.15. The first-order valence-corrected chi connectivity index (χ1v) is 8.71. The fourth-order valence-electron chi connectivity index (χ4n) is 2.83. The Labute approximate surface area is 143 Å². The van der Waals surface area contributed by atoms with Crippen LogP contribution in [0.15, 0.2) is 34.7 Å². The molecule has 1 aliphatic rings. The minimum Gasteiger partial charge on any atom is -0.482 e. The Morgan fingerprint density at radius 1 is 1.21 bits per heavy atom. The summed E-state index contributed by atoms with van der Waals surface area (Å²) in [6, 6.07) is 11.4. The summed E-state index contributed by atoms with van der Waals surface area (Å²) in [6.45, 7) is 0.150. The van der Waals surface area contributed by atoms with Gasteiger partial charge in [-0.3, -0.25) is 0 Å². The zero-order valence-corrected chi connectivity index (χ0v) is 13.8. The molecule has 120 valence electrons. The Kier molecular flexibility index (Phi) is 4.01. The van der Waals surface area contributed by atoms with Crippen molar-refractivity contribution in [3.05, 3.63) is 52.2 Å². The Morgan fingerprint density at radius 3 is 2.96 bits per heavy atom. The van der Waals surface area contributed by atoms with Crippen LogP contribution >= 0.6 is 11.3 Å². The number of aromatic nitrogens is 2. The minimum absolute atomic E-state index is 0.150. The number of para-hydroxylation sites is 1. The number of aryl methyl sites for hydroxylation is 2. The molecule has 0 aliphatic heterocycles. The Balaban J connectivity index is 1.49. The van der Waals surface area contributed by atoms with Crippen molar-refractivity contribution in [2.24, 2.45) is 0 Å². The third-order valence-electron chi connectivity index (χ3n) is 4.03. The molecule has 0 N–H and O–H groups in total. The Bertz CT molecular complexity index is 884. The van der Waals surface area contributed by atoms with E-state index in [0.717, 1.165) is 17.7 Å². The summed E-state index contributed by atoms with van der Waals surface area (Å²) >= 11 is 1.74. The van der Waals surface area contributed by atoms with E-state index in [1.54, 1.807) is 29.5 Å². The van der Waals surface area contributed by atoms with Gasteiger partial charge in [0.25, 0.3) is 11.8 Å². The van der Waals surface area contributed by atoms with Crippen LogP contribution < -0.4 is 4.74 Å². The van der Waals surface area contributed by atoms with E-state index < -0.39 is 0 Å². The maximum absolute atomic E-state index is 9.07. The number of fused-ring (bicyclic) bond motifs is 1. The van der Waals surface area contributed by atoms with Crippen molar-refractivity contribution in [2.75, 3.05) is 0 Å². The largest absolute Gasteiger partial charge is 0.482 e. The minimum atomic E-state index is 0.150. The molecule has 0 fully saturated rings. The second-order valence-electron chi connectivity index (χ2n) is 5.66. The highest BCUT2D eigenvalue weighted by Crippen LogP contribution is 2.35. The lowest BCUT2D eigenvalue weighted by molar-refractivity contribution is 0.264. The van der Waals surface area contributed by atoms with Crippen molar-refractivity contribution in [1.29, 1.82) is 5.26 Å². The molecule has 6 heteroatoms. The molecule has 4 rings (SSSR count). The normalized spacial score (nSPS) is 13.3. The molecule has 0 saturated heterocycles. The van der Waals surface area contributed by atoms with E-state index in [2.05, 4.69) is 22.3 Å². The van der Waals surface area contributed by atoms with Crippen LogP contribution in [0.2, 0.25) is 0 Å². The van der Waals surface area contributed by atoms with Crippen molar-refractivity contribution in [1.82, 2.24) is 10.2 Å². The van der Waals surface area contributed by atoms with E-state index >= 15 is 0 Å². The van der Waals surface area contributed by atoms with Gasteiger partial charge in [-0.05, 0) is 49.4 Å². The molecule has 3 aromatic rings. The van der Waals surface area contributed by atoms with E-state index in [4.69, 9.17) is 14.4 Å². The van der Waals surface area contributed by atoms with Crippen molar-refractivity contribution in [3.63, 3.8) is 0 Å². The molecule has 0 atom stereocenters. The van der Waals surface area contributed by atoms with Crippen molar-refractivity contribution in [3.8, 4) is 22.6 Å². The van der Waals surface area contributed by atoms with Gasteiger partial charge < -0.3 is 9.15 Å². The SMILES string of the molecule is N#Cc1ccccc1OCc1nnc(-c2cc3c(s2)CCCC3)o1. The van der Waals surface area contributed by atoms with Crippen LogP contribution in [-0.4, -0.2) is 10.2 Å². The zero-order valence-electron chi connectivity index (χ0n) is 13.0. The monoisotopic (exact) mass is 337 g/mol. The van der Waals surface area contributed by atoms with Gasteiger partial charge in [-0.15, -0.1) is 21.5 Å². The first kappa shape index (κ1) is 14.9. The number of hydrogen-bond acceptors (Lipinski definition) is 6. The molecular weight excluding hydrogens is 322 g/mol. The Hall–Kier alpha value is -2.65. The summed E-state index contributed by atoms with van der Waals surface area (Å²) in [5, 5.41) is 17.3. The zero-order chi connectivity index (χ0) is 16.4. The van der Waals surface area contributed by atoms with E-state index in [-0.39, 0.29) is 6.61 Å². The van der Waals surface area contributed by atoms with Crippen LogP contribution in [0.1, 0.15) is 34.7 Å². The first-order valence-electron chi connectivity index (χ1n) is 7.90. The molecular formula is C18H15N3O2S. The summed E-state index contributed by atoms with van der Waals surface area (Å²) < 4.78 is 11.4. The van der Waals surface area contributed by atoms with Gasteiger partial charge in [0.05, 0.1) is 10.4 Å². The van der Waals surface area contributed by atoms with Gasteiger partial charge in [0.15, 0.2) is 6.61 Å². The molecule has 0 radical (unpaired) electrons. The third-order valence-corrected chi connectivity index (χ3v) is 5.26. The standard InChI is InChI=1S/C18H15N3O2S/c19-10-13-6-1-3-7-14(13)22-11-17-20-21-18(23-17)16-9-12-5-2-4-8-15(12)24-16/h1,3,6-7,9H,2,4-5,8,11H2. The number of nitrogens with zero attached hydrogens (tertiary/aromatic N) is 3. The maximum Gasteiger partial charge on any atom is 0.257 e. The van der Waals surface area contributed by atoms with E-state index in [1.165, 1.54) is 23.3 Å². The summed E-state index contributed by atoms with van der Waals surface area (Å²) in [5.41, 5.74) is 1.91. The van der Waals surface area contributed by atoms with Crippen LogP contribution in [0.3, 0.4) is 0 Å². The Morgan fingerprint density at radius 2 is 2.08 bits per heavy atom. The number of ether oxygens (including phenoxy) is 1. The van der Waals surface area contributed by atoms with Crippen LogP contribution in [0.25, 0.3) is 10.8 Å². The lowest BCUT2D eigenvalue weighted by atomic mass is 9.99. The van der Waals surface area contributed by atoms with Crippen LogP contribution in [0.5, 0.6) is 5.75 Å². The highest BCUT2D eigenvalue weighted by Gasteiger charge is 2.18. The predicted molar refractivity (Wildman–Crippen MR) is 89.7 cm³/mol. The average molecular weight is 337 g/mol. The molecule has 1 aliphatic carbocycles. The smallest absolute Gasteiger partial charge is 0.257 e. The van der Waals surface area contributed by atoms with Gasteiger partial charge in [0.2, 0.25) is 0 Å². The summed E-state index contributed by atoms with van der Waals surface area (Å²) in [4.78, 5) is 2.47. The van der Waals surface area contributed by atoms with Crippen LogP contribution in [-0.2, 0) is 19.4 Å². The lowest BCUT2D eigenvalue weighted by Gasteiger charge is -2.08. The number of benzene rings is 1. The maximum atomic E-state index is 9.07. The fraction of sp³-hybridized carbons (Fsp3) is 0.278. The third kappa shape index (κ3) is 2.91. The molecule has 0 bridgehead atoms. The van der Waals surface area contributed by atoms with Gasteiger partial charge in [0.1, 0.15) is 11.8 Å². The number of nitriles is 1. The molecule has 0 amide bonds. The van der Waals surface area contributed by atoms with Gasteiger partial charge in [-0.25, -0.2) is 0 Å². The molecule has 0 saturated carbocycles. The van der Waals surface area contributed by atoms with Gasteiger partial charge in [-0.1, -0.05) is 12.1 Å². The summed E-state index contributed by atoms with van der Waals surface area (Å²) in [6.07, 6.45) is 4.80. The topological polar surface area (TPSA) is 71.9 Å². The quantitative estimate of drug-likeness (QED) is 0.716. The molecule has 2 aromatic heterocycles. The van der Waals surface area contributed by atoms with Gasteiger partial charge >= 0.3 is 0 Å². The second-order valence-corrected chi connectivity index (χ2v) is 6.80. The molecule has 2 heterocycles. The number of thiophene rings is 1. The van der Waals surface area contributed by atoms with E-state index in [1.807, 2.05) is 6.07 Å². The van der Waals surface area contributed by atoms with Crippen LogP contribution in [0, 0.1) is 11.3 Å². The summed E-state index contributed by atoms with van der Waals surface area (Å²) in [7, 11) is 0. The van der Waals surface area contributed by atoms with Crippen molar-refractivity contribution < 1.29 is 9.15 Å². The highest BCUT2D eigenvalue weighted by atomic mass is 32.1. The average Bonchev–Trinajstić information content (AvgIpc) is 3.26. The fourth-order valence-corrected chi connectivity index (χ4v) is 4.01. The van der Waals surface area contributed by atoms with Gasteiger partial charge in [-0.2, -0.15) is 5.26 Å². The molecule has 0 spiro atoms. The lowest BCUT2D eigenvalue weighted by Crippen LogP contribution is -1.97. The van der Waals surface area contributed by atoms with Gasteiger partial charge in [0, 0.05) is 4.88 Å². The number of hydrogen-bond donors (Lipinski definition) is 0. The molecule has 1 aromatic carbocycles. The first-order chi connectivity index (χ1) is 11.8. The number of rotatable bonds is 4.